The molecule has 0 amide bonds. The Bertz CT molecular complexity index is 253. The van der Waals surface area contributed by atoms with Crippen LogP contribution in [0, 0.1) is 0 Å². The molecule has 13 heavy (non-hydrogen) atoms. The van der Waals surface area contributed by atoms with Crippen LogP contribution in [0.15, 0.2) is 12.2 Å². The van der Waals surface area contributed by atoms with E-state index in [9.17, 15) is 13.2 Å². The third kappa shape index (κ3) is 18.2. The minimum Gasteiger partial charge on any atom is -0.478 e. The summed E-state index contributed by atoms with van der Waals surface area (Å²) in [6.07, 6.45) is 0. The van der Waals surface area contributed by atoms with E-state index in [1.165, 1.54) is 6.92 Å². The van der Waals surface area contributed by atoms with Gasteiger partial charge in [0.05, 0.1) is 12.4 Å². The van der Waals surface area contributed by atoms with Crippen LogP contribution >= 0.6 is 0 Å². The molecule has 0 saturated carbocycles. The number of aliphatic hydroxyl groups is 1. The molecule has 0 atom stereocenters. The Balaban J connectivity index is 0. The Hall–Kier alpha value is -0.920. The minimum atomic E-state index is -3.92. The molecule has 0 aromatic rings. The normalized spacial score (nSPS) is 9.77. The van der Waals surface area contributed by atoms with Crippen LogP contribution in [-0.2, 0) is 14.9 Å². The molecule has 0 aromatic heterocycles. The van der Waals surface area contributed by atoms with E-state index in [1.54, 1.807) is 0 Å². The molecular formula is C6H12O6S. The molecule has 0 aliphatic rings. The maximum absolute atomic E-state index is 9.63. The first-order valence-corrected chi connectivity index (χ1v) is 4.76. The highest BCUT2D eigenvalue weighted by molar-refractivity contribution is 7.85. The van der Waals surface area contributed by atoms with Crippen molar-refractivity contribution in [2.75, 3.05) is 12.4 Å². The van der Waals surface area contributed by atoms with E-state index >= 15 is 0 Å². The maximum atomic E-state index is 9.63. The van der Waals surface area contributed by atoms with E-state index in [1.807, 2.05) is 0 Å². The summed E-state index contributed by atoms with van der Waals surface area (Å²) in [6.45, 7) is 4.07. The lowest BCUT2D eigenvalue weighted by Gasteiger charge is -1.85. The molecule has 0 spiro atoms. The standard InChI is InChI=1S/C4H6O2.C2H6O4S/c1-3(2)4(5)6;3-1-2-7(4,5)6/h1H2,2H3,(H,5,6);3H,1-2H2,(H,4,5,6). The first-order valence-electron chi connectivity index (χ1n) is 3.15. The van der Waals surface area contributed by atoms with Gasteiger partial charge in [0, 0.05) is 5.57 Å². The van der Waals surface area contributed by atoms with Crippen LogP contribution in [-0.4, -0.2) is 41.5 Å². The molecule has 6 nitrogen and oxygen atoms in total. The number of carbonyl (C=O) groups is 1. The Kier molecular flexibility index (Phi) is 7.39. The topological polar surface area (TPSA) is 112 Å². The van der Waals surface area contributed by atoms with Crippen LogP contribution in [0.25, 0.3) is 0 Å². The molecule has 0 aliphatic heterocycles. The molecule has 0 unspecified atom stereocenters. The Morgan fingerprint density at radius 2 is 1.77 bits per heavy atom. The molecule has 0 radical (unpaired) electrons. The summed E-state index contributed by atoms with van der Waals surface area (Å²) in [4.78, 5) is 9.60. The van der Waals surface area contributed by atoms with Crippen LogP contribution in [0.1, 0.15) is 6.92 Å². The first-order chi connectivity index (χ1) is 5.70. The van der Waals surface area contributed by atoms with Crippen molar-refractivity contribution in [2.24, 2.45) is 0 Å². The van der Waals surface area contributed by atoms with Gasteiger partial charge in [-0.2, -0.15) is 8.42 Å². The average Bonchev–Trinajstić information content (AvgIpc) is 1.85. The molecule has 0 rings (SSSR count). The third-order valence-electron chi connectivity index (χ3n) is 0.714. The molecule has 78 valence electrons. The Labute approximate surface area is 76.3 Å². The van der Waals surface area contributed by atoms with Gasteiger partial charge in [-0.05, 0) is 6.92 Å². The van der Waals surface area contributed by atoms with E-state index in [-0.39, 0.29) is 5.57 Å². The number of aliphatic carboxylic acids is 1. The van der Waals surface area contributed by atoms with Gasteiger partial charge in [-0.15, -0.1) is 0 Å². The predicted molar refractivity (Wildman–Crippen MR) is 46.0 cm³/mol. The van der Waals surface area contributed by atoms with Crippen LogP contribution in [0.5, 0.6) is 0 Å². The fraction of sp³-hybridized carbons (Fsp3) is 0.500. The summed E-state index contributed by atoms with van der Waals surface area (Å²) in [7, 11) is -3.92. The van der Waals surface area contributed by atoms with Crippen molar-refractivity contribution in [1.29, 1.82) is 0 Å². The molecule has 0 saturated heterocycles. The van der Waals surface area contributed by atoms with Crippen LogP contribution < -0.4 is 0 Å². The zero-order valence-electron chi connectivity index (χ0n) is 7.10. The second kappa shape index (κ2) is 6.58. The highest BCUT2D eigenvalue weighted by Crippen LogP contribution is 1.81. The summed E-state index contributed by atoms with van der Waals surface area (Å²) < 4.78 is 27.1. The second-order valence-corrected chi connectivity index (χ2v) is 3.67. The SMILES string of the molecule is C=C(C)C(=O)O.O=S(=O)(O)CCO. The van der Waals surface area contributed by atoms with Crippen molar-refractivity contribution in [2.45, 2.75) is 6.92 Å². The number of hydrogen-bond donors (Lipinski definition) is 3. The van der Waals surface area contributed by atoms with Crippen LogP contribution in [0.2, 0.25) is 0 Å². The smallest absolute Gasteiger partial charge is 0.330 e. The van der Waals surface area contributed by atoms with Gasteiger partial charge < -0.3 is 10.2 Å². The molecule has 0 bridgehead atoms. The number of carboxylic acid groups (broad SMARTS) is 1. The van der Waals surface area contributed by atoms with E-state index in [0.717, 1.165) is 0 Å². The summed E-state index contributed by atoms with van der Waals surface area (Å²) in [5, 5.41) is 15.8. The van der Waals surface area contributed by atoms with E-state index < -0.39 is 28.4 Å². The van der Waals surface area contributed by atoms with Gasteiger partial charge in [-0.25, -0.2) is 4.79 Å². The summed E-state index contributed by atoms with van der Waals surface area (Å²) in [5.41, 5.74) is 0.176. The number of hydrogen-bond acceptors (Lipinski definition) is 4. The summed E-state index contributed by atoms with van der Waals surface area (Å²) >= 11 is 0. The van der Waals surface area contributed by atoms with E-state index in [4.69, 9.17) is 14.8 Å². The second-order valence-electron chi connectivity index (χ2n) is 2.10. The Morgan fingerprint density at radius 3 is 1.77 bits per heavy atom. The molecule has 7 heteroatoms. The quantitative estimate of drug-likeness (QED) is 0.430. The van der Waals surface area contributed by atoms with Gasteiger partial charge in [0.25, 0.3) is 10.1 Å². The maximum Gasteiger partial charge on any atom is 0.330 e. The molecule has 0 heterocycles. The van der Waals surface area contributed by atoms with Gasteiger partial charge in [0.2, 0.25) is 0 Å². The molecule has 3 N–H and O–H groups in total. The highest BCUT2D eigenvalue weighted by Gasteiger charge is 1.99. The zero-order valence-corrected chi connectivity index (χ0v) is 7.91. The number of carboxylic acids is 1. The van der Waals surface area contributed by atoms with E-state index in [2.05, 4.69) is 6.58 Å². The van der Waals surface area contributed by atoms with E-state index in [0.29, 0.717) is 0 Å². The lowest BCUT2D eigenvalue weighted by molar-refractivity contribution is -0.132. The average molecular weight is 212 g/mol. The fourth-order valence-electron chi connectivity index (χ4n) is 0.115. The van der Waals surface area contributed by atoms with Crippen molar-refractivity contribution in [1.82, 2.24) is 0 Å². The zero-order chi connectivity index (χ0) is 11.1. The largest absolute Gasteiger partial charge is 0.478 e. The monoisotopic (exact) mass is 212 g/mol. The van der Waals surface area contributed by atoms with Crippen molar-refractivity contribution < 1.29 is 28.0 Å². The first kappa shape index (κ1) is 14.6. The van der Waals surface area contributed by atoms with Gasteiger partial charge in [0.1, 0.15) is 0 Å². The summed E-state index contributed by atoms with van der Waals surface area (Å²) in [6, 6.07) is 0. The van der Waals surface area contributed by atoms with Crippen molar-refractivity contribution >= 4 is 16.1 Å². The lowest BCUT2D eigenvalue weighted by Crippen LogP contribution is -2.06. The van der Waals surface area contributed by atoms with Gasteiger partial charge >= 0.3 is 5.97 Å². The van der Waals surface area contributed by atoms with Gasteiger partial charge in [-0.3, -0.25) is 4.55 Å². The Morgan fingerprint density at radius 1 is 1.46 bits per heavy atom. The third-order valence-corrected chi connectivity index (χ3v) is 1.41. The van der Waals surface area contributed by atoms with Crippen molar-refractivity contribution in [3.63, 3.8) is 0 Å². The molecule has 0 aliphatic carbocycles. The molecule has 0 aromatic carbocycles. The van der Waals surface area contributed by atoms with Crippen LogP contribution in [0.3, 0.4) is 0 Å². The highest BCUT2D eigenvalue weighted by atomic mass is 32.2. The lowest BCUT2D eigenvalue weighted by atomic mass is 10.4. The number of aliphatic hydroxyl groups excluding tert-OH is 1. The molecule has 0 fully saturated rings. The molecular weight excluding hydrogens is 200 g/mol. The van der Waals surface area contributed by atoms with Crippen molar-refractivity contribution in [3.05, 3.63) is 12.2 Å². The number of rotatable bonds is 3. The van der Waals surface area contributed by atoms with Crippen molar-refractivity contribution in [3.8, 4) is 0 Å². The minimum absolute atomic E-state index is 0.176. The van der Waals surface area contributed by atoms with Gasteiger partial charge in [0.15, 0.2) is 0 Å². The van der Waals surface area contributed by atoms with Gasteiger partial charge in [-0.1, -0.05) is 6.58 Å². The summed E-state index contributed by atoms with van der Waals surface area (Å²) in [5.74, 6) is -1.51. The predicted octanol–water partition coefficient (Wildman–Crippen LogP) is -0.486. The fourth-order valence-corrected chi connectivity index (χ4v) is 0.346. The van der Waals surface area contributed by atoms with Crippen LogP contribution in [0.4, 0.5) is 0 Å².